The van der Waals surface area contributed by atoms with Crippen LogP contribution in [0, 0.1) is 5.82 Å². The van der Waals surface area contributed by atoms with Crippen molar-refractivity contribution in [1.82, 2.24) is 15.6 Å². The van der Waals surface area contributed by atoms with E-state index in [9.17, 15) is 18.8 Å². The molecule has 2 amide bonds. The van der Waals surface area contributed by atoms with Crippen LogP contribution in [0.15, 0.2) is 53.6 Å². The van der Waals surface area contributed by atoms with Gasteiger partial charge >= 0.3 is 5.97 Å². The van der Waals surface area contributed by atoms with E-state index in [4.69, 9.17) is 4.74 Å². The van der Waals surface area contributed by atoms with Gasteiger partial charge in [0.2, 0.25) is 0 Å². The van der Waals surface area contributed by atoms with Gasteiger partial charge < -0.3 is 10.1 Å². The largest absolute Gasteiger partial charge is 0.460 e. The van der Waals surface area contributed by atoms with Crippen LogP contribution in [0.5, 0.6) is 0 Å². The Morgan fingerprint density at radius 3 is 2.47 bits per heavy atom. The van der Waals surface area contributed by atoms with Crippen molar-refractivity contribution in [3.8, 4) is 0 Å². The highest BCUT2D eigenvalue weighted by Gasteiger charge is 2.30. The van der Waals surface area contributed by atoms with E-state index in [1.165, 1.54) is 28.8 Å². The highest BCUT2D eigenvalue weighted by molar-refractivity contribution is 8.14. The van der Waals surface area contributed by atoms with Crippen LogP contribution >= 0.6 is 11.8 Å². The number of hydrogen-bond donors (Lipinski definition) is 2. The molecule has 1 atom stereocenters. The number of hydrazone groups is 1. The topological polar surface area (TPSA) is 100 Å². The fourth-order valence-corrected chi connectivity index (χ4v) is 4.67. The molecule has 0 saturated heterocycles. The van der Waals surface area contributed by atoms with E-state index in [-0.39, 0.29) is 29.2 Å². The van der Waals surface area contributed by atoms with Crippen molar-refractivity contribution < 1.29 is 23.5 Å². The van der Waals surface area contributed by atoms with Gasteiger partial charge in [0.25, 0.3) is 11.8 Å². The molecule has 0 radical (unpaired) electrons. The molecule has 1 heterocycles. The summed E-state index contributed by atoms with van der Waals surface area (Å²) in [5.74, 6) is -1.51. The molecule has 10 heteroatoms. The molecule has 2 N–H and O–H groups in total. The van der Waals surface area contributed by atoms with E-state index in [1.54, 1.807) is 24.3 Å². The van der Waals surface area contributed by atoms with Crippen LogP contribution in [0.1, 0.15) is 85.0 Å². The molecule has 204 valence electrons. The molecule has 0 spiro atoms. The van der Waals surface area contributed by atoms with Crippen molar-refractivity contribution in [3.63, 3.8) is 0 Å². The molecule has 1 aliphatic heterocycles. The third kappa shape index (κ3) is 8.31. The Morgan fingerprint density at radius 2 is 1.82 bits per heavy atom. The number of thioether (sulfide) groups is 1. The Hall–Kier alpha value is -3.40. The second-order valence-electron chi connectivity index (χ2n) is 9.88. The third-order valence-electron chi connectivity index (χ3n) is 5.56. The van der Waals surface area contributed by atoms with Gasteiger partial charge in [-0.05, 0) is 63.4 Å². The number of nitrogens with zero attached hydrogens (tertiary/aromatic N) is 2. The molecular formula is C28H35FN4O4S. The summed E-state index contributed by atoms with van der Waals surface area (Å²) in [6, 6.07) is 13.0. The number of rotatable bonds is 10. The maximum absolute atomic E-state index is 14.3. The molecule has 8 nitrogen and oxygen atoms in total. The minimum Gasteiger partial charge on any atom is -0.460 e. The first-order chi connectivity index (χ1) is 18.1. The zero-order valence-electron chi connectivity index (χ0n) is 22.3. The van der Waals surface area contributed by atoms with Gasteiger partial charge in [-0.2, -0.15) is 5.10 Å². The number of ether oxygens (including phenoxy) is 1. The smallest absolute Gasteiger partial charge is 0.306 e. The summed E-state index contributed by atoms with van der Waals surface area (Å²) in [5.41, 5.74) is 3.90. The lowest BCUT2D eigenvalue weighted by atomic mass is 10.1. The number of benzene rings is 2. The molecule has 0 saturated carbocycles. The first-order valence-corrected chi connectivity index (χ1v) is 13.6. The fourth-order valence-electron chi connectivity index (χ4n) is 3.66. The van der Waals surface area contributed by atoms with E-state index in [0.29, 0.717) is 30.2 Å². The number of amides is 2. The number of esters is 1. The molecule has 0 aromatic heterocycles. The molecule has 0 bridgehead atoms. The highest BCUT2D eigenvalue weighted by atomic mass is 32.2. The Bertz CT molecular complexity index is 1160. The zero-order chi connectivity index (χ0) is 27.7. The quantitative estimate of drug-likeness (QED) is 0.315. The molecule has 0 aliphatic carbocycles. The number of amidine groups is 1. The van der Waals surface area contributed by atoms with E-state index in [2.05, 4.69) is 15.8 Å². The first-order valence-electron chi connectivity index (χ1n) is 12.8. The predicted molar refractivity (Wildman–Crippen MR) is 147 cm³/mol. The lowest BCUT2D eigenvalue weighted by Crippen LogP contribution is -2.36. The summed E-state index contributed by atoms with van der Waals surface area (Å²) < 4.78 is 19.5. The van der Waals surface area contributed by atoms with Crippen molar-refractivity contribution in [1.29, 1.82) is 0 Å². The lowest BCUT2D eigenvalue weighted by Gasteiger charge is -2.22. The Kier molecular flexibility index (Phi) is 10.3. The molecule has 1 aliphatic rings. The van der Waals surface area contributed by atoms with Gasteiger partial charge in [0.05, 0.1) is 5.56 Å². The van der Waals surface area contributed by atoms with E-state index < -0.39 is 17.3 Å². The van der Waals surface area contributed by atoms with Crippen LogP contribution < -0.4 is 10.7 Å². The van der Waals surface area contributed by atoms with Crippen LogP contribution in [-0.4, -0.2) is 46.5 Å². The Balaban J connectivity index is 1.55. The number of carbonyl (C=O) groups is 3. The highest BCUT2D eigenvalue weighted by Crippen LogP contribution is 2.34. The normalized spacial score (nSPS) is 14.9. The van der Waals surface area contributed by atoms with Crippen molar-refractivity contribution in [2.24, 2.45) is 5.10 Å². The van der Waals surface area contributed by atoms with Gasteiger partial charge in [0, 0.05) is 25.1 Å². The van der Waals surface area contributed by atoms with Crippen LogP contribution in [0.2, 0.25) is 0 Å². The zero-order valence-corrected chi connectivity index (χ0v) is 23.1. The minimum atomic E-state index is -0.564. The second-order valence-corrected chi connectivity index (χ2v) is 11.0. The summed E-state index contributed by atoms with van der Waals surface area (Å²) in [6.45, 7) is 8.26. The van der Waals surface area contributed by atoms with Crippen molar-refractivity contribution in [2.45, 2.75) is 64.4 Å². The summed E-state index contributed by atoms with van der Waals surface area (Å²) in [4.78, 5) is 38.9. The van der Waals surface area contributed by atoms with Crippen molar-refractivity contribution in [3.05, 3.63) is 71.0 Å². The summed E-state index contributed by atoms with van der Waals surface area (Å²) in [7, 11) is 0. The van der Waals surface area contributed by atoms with Crippen molar-refractivity contribution >= 4 is 34.7 Å². The SMILES string of the molecule is CCCCN(C(=O)c1ccccc1F)C1=NNC(c2ccc(C(=O)NCCCC(=O)OC(C)(C)C)cc2)S1. The maximum Gasteiger partial charge on any atom is 0.306 e. The minimum absolute atomic E-state index is 0.0109. The summed E-state index contributed by atoms with van der Waals surface area (Å²) in [6.07, 6.45) is 2.35. The molecule has 1 unspecified atom stereocenters. The van der Waals surface area contributed by atoms with Gasteiger partial charge in [-0.15, -0.1) is 0 Å². The van der Waals surface area contributed by atoms with Gasteiger partial charge in [-0.25, -0.2) is 4.39 Å². The predicted octanol–water partition coefficient (Wildman–Crippen LogP) is 5.23. The fraction of sp³-hybridized carbons (Fsp3) is 0.429. The average molecular weight is 543 g/mol. The summed E-state index contributed by atoms with van der Waals surface area (Å²) in [5, 5.41) is 7.40. The van der Waals surface area contributed by atoms with Gasteiger partial charge in [0.1, 0.15) is 16.8 Å². The molecule has 3 rings (SSSR count). The van der Waals surface area contributed by atoms with Crippen LogP contribution in [0.3, 0.4) is 0 Å². The molecule has 2 aromatic rings. The van der Waals surface area contributed by atoms with Gasteiger partial charge in [0.15, 0.2) is 5.17 Å². The number of unbranched alkanes of at least 4 members (excludes halogenated alkanes) is 1. The van der Waals surface area contributed by atoms with Crippen LogP contribution in [0.25, 0.3) is 0 Å². The molecule has 2 aromatic carbocycles. The molecular weight excluding hydrogens is 507 g/mol. The van der Waals surface area contributed by atoms with E-state index in [0.717, 1.165) is 18.4 Å². The lowest BCUT2D eigenvalue weighted by molar-refractivity contribution is -0.154. The number of carbonyl (C=O) groups excluding carboxylic acids is 3. The van der Waals surface area contributed by atoms with E-state index in [1.807, 2.05) is 39.8 Å². The van der Waals surface area contributed by atoms with Crippen LogP contribution in [0.4, 0.5) is 4.39 Å². The van der Waals surface area contributed by atoms with E-state index >= 15 is 0 Å². The standard InChI is InChI=1S/C28H35FN4O4S/c1-5-6-18-33(26(36)21-10-7-8-11-22(21)29)27-32-31-25(38-27)20-15-13-19(14-16-20)24(35)30-17-9-12-23(34)37-28(2,3)4/h7-8,10-11,13-16,25,31H,5-6,9,12,17-18H2,1-4H3,(H,30,35). The second kappa shape index (κ2) is 13.4. The molecule has 38 heavy (non-hydrogen) atoms. The monoisotopic (exact) mass is 542 g/mol. The van der Waals surface area contributed by atoms with Gasteiger partial charge in [-0.3, -0.25) is 24.7 Å². The number of halogens is 1. The summed E-state index contributed by atoms with van der Waals surface area (Å²) >= 11 is 1.37. The maximum atomic E-state index is 14.3. The number of hydrogen-bond acceptors (Lipinski definition) is 7. The van der Waals surface area contributed by atoms with Crippen molar-refractivity contribution in [2.75, 3.05) is 13.1 Å². The Morgan fingerprint density at radius 1 is 1.11 bits per heavy atom. The Labute approximate surface area is 227 Å². The number of nitrogens with one attached hydrogen (secondary N) is 2. The average Bonchev–Trinajstić information content (AvgIpc) is 3.36. The van der Waals surface area contributed by atoms with Crippen LogP contribution in [-0.2, 0) is 9.53 Å². The molecule has 0 fully saturated rings. The first kappa shape index (κ1) is 29.2. The third-order valence-corrected chi connectivity index (χ3v) is 6.69. The van der Waals surface area contributed by atoms with Gasteiger partial charge in [-0.1, -0.05) is 49.4 Å².